The van der Waals surface area contributed by atoms with E-state index in [4.69, 9.17) is 9.47 Å². The smallest absolute Gasteiger partial charge is 0.432 e. The highest BCUT2D eigenvalue weighted by molar-refractivity contribution is 5.38. The van der Waals surface area contributed by atoms with E-state index in [2.05, 4.69) is 13.0 Å². The van der Waals surface area contributed by atoms with Gasteiger partial charge in [0.25, 0.3) is 0 Å². The van der Waals surface area contributed by atoms with Crippen molar-refractivity contribution in [2.75, 3.05) is 0 Å². The Hall–Kier alpha value is -3.02. The Labute approximate surface area is 198 Å². The monoisotopic (exact) mass is 473 g/mol. The molecular formula is C28H29F4O2. The summed E-state index contributed by atoms with van der Waals surface area (Å²) in [6, 6.07) is 15.7. The molecule has 0 amide bonds. The van der Waals surface area contributed by atoms with E-state index in [1.54, 1.807) is 36.4 Å². The van der Waals surface area contributed by atoms with Gasteiger partial charge in [-0.2, -0.15) is 8.78 Å². The minimum absolute atomic E-state index is 0.191. The van der Waals surface area contributed by atoms with E-state index in [0.717, 1.165) is 36.8 Å². The molecule has 0 aliphatic heterocycles. The fourth-order valence-corrected chi connectivity index (χ4v) is 3.59. The molecule has 181 valence electrons. The first-order valence-corrected chi connectivity index (χ1v) is 11.7. The van der Waals surface area contributed by atoms with Crippen LogP contribution in [0.3, 0.4) is 0 Å². The van der Waals surface area contributed by atoms with Crippen molar-refractivity contribution in [3.8, 4) is 17.2 Å². The van der Waals surface area contributed by atoms with Crippen molar-refractivity contribution in [2.24, 2.45) is 0 Å². The van der Waals surface area contributed by atoms with Crippen LogP contribution in [0.25, 0.3) is 0 Å². The Morgan fingerprint density at radius 2 is 1.41 bits per heavy atom. The van der Waals surface area contributed by atoms with Crippen LogP contribution in [0.4, 0.5) is 17.6 Å². The summed E-state index contributed by atoms with van der Waals surface area (Å²) >= 11 is 0. The quantitative estimate of drug-likeness (QED) is 0.193. The summed E-state index contributed by atoms with van der Waals surface area (Å²) in [6.07, 6.45) is 3.03. The van der Waals surface area contributed by atoms with Gasteiger partial charge in [0.2, 0.25) is 0 Å². The Balaban J connectivity index is 1.71. The first-order valence-electron chi connectivity index (χ1n) is 11.7. The van der Waals surface area contributed by atoms with E-state index >= 15 is 0 Å². The van der Waals surface area contributed by atoms with Crippen LogP contribution in [0, 0.1) is 17.7 Å². The zero-order valence-corrected chi connectivity index (χ0v) is 19.5. The van der Waals surface area contributed by atoms with Gasteiger partial charge in [-0.15, -0.1) is 0 Å². The molecule has 0 bridgehead atoms. The molecule has 1 radical (unpaired) electrons. The van der Waals surface area contributed by atoms with Crippen LogP contribution in [0.2, 0.25) is 0 Å². The minimum Gasteiger partial charge on any atom is -0.454 e. The topological polar surface area (TPSA) is 18.5 Å². The molecule has 0 heterocycles. The number of rotatable bonds is 12. The number of unbranched alkanes of at least 4 members (excludes halogenated alkanes) is 4. The van der Waals surface area contributed by atoms with Gasteiger partial charge in [-0.05, 0) is 60.7 Å². The van der Waals surface area contributed by atoms with E-state index in [1.807, 2.05) is 6.92 Å². The molecule has 0 aliphatic rings. The molecule has 0 aliphatic carbocycles. The molecule has 0 atom stereocenters. The van der Waals surface area contributed by atoms with Gasteiger partial charge in [0, 0.05) is 6.07 Å². The van der Waals surface area contributed by atoms with Crippen LogP contribution in [-0.4, -0.2) is 0 Å². The van der Waals surface area contributed by atoms with Crippen LogP contribution in [-0.2, 0) is 19.0 Å². The summed E-state index contributed by atoms with van der Waals surface area (Å²) in [6.45, 7) is 4.12. The summed E-state index contributed by atoms with van der Waals surface area (Å²) in [5.41, 5.74) is 0.495. The van der Waals surface area contributed by atoms with Crippen LogP contribution >= 0.6 is 0 Å². The number of hydrogen-bond donors (Lipinski definition) is 0. The second-order valence-corrected chi connectivity index (χ2v) is 8.18. The van der Waals surface area contributed by atoms with Gasteiger partial charge >= 0.3 is 6.11 Å². The summed E-state index contributed by atoms with van der Waals surface area (Å²) in [4.78, 5) is 0. The second-order valence-electron chi connectivity index (χ2n) is 8.18. The number of halogens is 4. The Morgan fingerprint density at radius 3 is 2.06 bits per heavy atom. The van der Waals surface area contributed by atoms with Crippen molar-refractivity contribution in [1.29, 1.82) is 0 Å². The SMILES string of the molecule is CCCCCCCc1ccc(OC(F)(F)c2c(F)c[c]c(Oc3ccc(CC)cc3)c2F)cc1. The lowest BCUT2D eigenvalue weighted by Crippen LogP contribution is -2.25. The second kappa shape index (κ2) is 11.9. The lowest BCUT2D eigenvalue weighted by molar-refractivity contribution is -0.189. The van der Waals surface area contributed by atoms with Crippen molar-refractivity contribution in [3.63, 3.8) is 0 Å². The van der Waals surface area contributed by atoms with Crippen LogP contribution in [0.1, 0.15) is 62.6 Å². The normalized spacial score (nSPS) is 11.5. The van der Waals surface area contributed by atoms with E-state index < -0.39 is 29.1 Å². The molecule has 34 heavy (non-hydrogen) atoms. The molecule has 3 rings (SSSR count). The zero-order chi connectivity index (χ0) is 24.6. The van der Waals surface area contributed by atoms with Gasteiger partial charge in [0.1, 0.15) is 22.9 Å². The molecule has 0 saturated carbocycles. The van der Waals surface area contributed by atoms with E-state index in [9.17, 15) is 17.6 Å². The van der Waals surface area contributed by atoms with Crippen LogP contribution in [0.5, 0.6) is 17.2 Å². The number of benzene rings is 3. The fourth-order valence-electron chi connectivity index (χ4n) is 3.59. The predicted molar refractivity (Wildman–Crippen MR) is 125 cm³/mol. The van der Waals surface area contributed by atoms with Crippen molar-refractivity contribution < 1.29 is 27.0 Å². The lowest BCUT2D eigenvalue weighted by Gasteiger charge is -2.20. The standard InChI is InChI=1S/C28H29F4O2/c1-3-5-6-7-8-9-21-12-16-23(17-13-21)34-28(31,32)26-24(29)18-19-25(27(26)30)33-22-14-10-20(4-2)11-15-22/h10-18H,3-9H2,1-2H3. The van der Waals surface area contributed by atoms with Crippen molar-refractivity contribution in [2.45, 2.75) is 64.9 Å². The summed E-state index contributed by atoms with van der Waals surface area (Å²) in [5.74, 6) is -3.64. The zero-order valence-electron chi connectivity index (χ0n) is 19.5. The number of hydrogen-bond acceptors (Lipinski definition) is 2. The van der Waals surface area contributed by atoms with Gasteiger partial charge < -0.3 is 9.47 Å². The molecule has 0 N–H and O–H groups in total. The average molecular weight is 474 g/mol. The van der Waals surface area contributed by atoms with Crippen LogP contribution in [0.15, 0.2) is 54.6 Å². The molecule has 0 unspecified atom stereocenters. The maximum atomic E-state index is 14.9. The maximum Gasteiger partial charge on any atom is 0.432 e. The summed E-state index contributed by atoms with van der Waals surface area (Å²) < 4.78 is 68.9. The van der Waals surface area contributed by atoms with Crippen LogP contribution < -0.4 is 9.47 Å². The van der Waals surface area contributed by atoms with Gasteiger partial charge in [0.05, 0.1) is 0 Å². The number of aryl methyl sites for hydroxylation is 2. The fraction of sp³-hybridized carbons (Fsp3) is 0.357. The highest BCUT2D eigenvalue weighted by Crippen LogP contribution is 2.38. The van der Waals surface area contributed by atoms with E-state index in [0.29, 0.717) is 6.07 Å². The minimum atomic E-state index is -4.25. The van der Waals surface area contributed by atoms with E-state index in [-0.39, 0.29) is 11.5 Å². The van der Waals surface area contributed by atoms with E-state index in [1.165, 1.54) is 31.4 Å². The predicted octanol–water partition coefficient (Wildman–Crippen LogP) is 8.76. The third-order valence-corrected chi connectivity index (χ3v) is 5.57. The summed E-state index contributed by atoms with van der Waals surface area (Å²) in [5, 5.41) is 0. The van der Waals surface area contributed by atoms with Gasteiger partial charge in [0.15, 0.2) is 11.6 Å². The van der Waals surface area contributed by atoms with Crippen molar-refractivity contribution in [1.82, 2.24) is 0 Å². The number of ether oxygens (including phenoxy) is 2. The molecular weight excluding hydrogens is 444 g/mol. The Morgan fingerprint density at radius 1 is 0.794 bits per heavy atom. The van der Waals surface area contributed by atoms with Crippen molar-refractivity contribution >= 4 is 0 Å². The molecule has 0 saturated heterocycles. The molecule has 6 heteroatoms. The average Bonchev–Trinajstić information content (AvgIpc) is 2.82. The highest BCUT2D eigenvalue weighted by Gasteiger charge is 2.42. The molecule has 2 nitrogen and oxygen atoms in total. The molecule has 3 aromatic rings. The molecule has 0 spiro atoms. The molecule has 3 aromatic carbocycles. The third kappa shape index (κ3) is 6.75. The van der Waals surface area contributed by atoms with Crippen molar-refractivity contribution in [3.05, 3.63) is 89.0 Å². The highest BCUT2D eigenvalue weighted by atomic mass is 19.3. The largest absolute Gasteiger partial charge is 0.454 e. The first-order chi connectivity index (χ1) is 16.3. The third-order valence-electron chi connectivity index (χ3n) is 5.57. The number of alkyl halides is 2. The summed E-state index contributed by atoms with van der Waals surface area (Å²) in [7, 11) is 0. The first kappa shape index (κ1) is 25.6. The Bertz CT molecular complexity index is 1050. The van der Waals surface area contributed by atoms with Gasteiger partial charge in [-0.3, -0.25) is 0 Å². The van der Waals surface area contributed by atoms with Gasteiger partial charge in [-0.25, -0.2) is 8.78 Å². The molecule has 0 fully saturated rings. The lowest BCUT2D eigenvalue weighted by atomic mass is 10.1. The Kier molecular flexibility index (Phi) is 8.97. The van der Waals surface area contributed by atoms with Gasteiger partial charge in [-0.1, -0.05) is 63.8 Å². The molecule has 0 aromatic heterocycles. The maximum absolute atomic E-state index is 14.9.